The van der Waals surface area contributed by atoms with E-state index < -0.39 is 0 Å². The average molecular weight is 363 g/mol. The molecule has 0 fully saturated rings. The molecule has 5 nitrogen and oxygen atoms in total. The topological polar surface area (TPSA) is 50.8 Å². The molecule has 134 valence electrons. The van der Waals surface area contributed by atoms with E-state index in [1.807, 2.05) is 43.1 Å². The van der Waals surface area contributed by atoms with Gasteiger partial charge in [0.05, 0.1) is 20.3 Å². The van der Waals surface area contributed by atoms with Gasteiger partial charge in [-0.2, -0.15) is 0 Å². The number of carbonyl (C=O) groups is 1. The molecule has 2 aromatic rings. The molecule has 0 aliphatic carbocycles. The van der Waals surface area contributed by atoms with Crippen molar-refractivity contribution in [3.8, 4) is 11.5 Å². The number of likely N-dealkylation sites (N-methyl/N-ethyl adjacent to an activating group) is 1. The summed E-state index contributed by atoms with van der Waals surface area (Å²) in [4.78, 5) is 14.4. The molecule has 1 N–H and O–H groups in total. The minimum Gasteiger partial charge on any atom is -0.497 e. The smallest absolute Gasteiger partial charge is 0.241 e. The highest BCUT2D eigenvalue weighted by molar-refractivity contribution is 6.30. The van der Waals surface area contributed by atoms with Gasteiger partial charge in [-0.25, -0.2) is 0 Å². The van der Waals surface area contributed by atoms with Crippen LogP contribution in [0.15, 0.2) is 42.5 Å². The minimum absolute atomic E-state index is 0.0998. The van der Waals surface area contributed by atoms with Crippen molar-refractivity contribution in [2.45, 2.75) is 19.5 Å². The number of amides is 1. The molecular weight excluding hydrogens is 340 g/mol. The summed E-state index contributed by atoms with van der Waals surface area (Å²) < 4.78 is 10.6. The maximum absolute atomic E-state index is 12.5. The lowest BCUT2D eigenvalue weighted by atomic mass is 10.1. The lowest BCUT2D eigenvalue weighted by Crippen LogP contribution is -2.39. The van der Waals surface area contributed by atoms with Crippen LogP contribution < -0.4 is 14.8 Å². The zero-order valence-corrected chi connectivity index (χ0v) is 15.6. The molecule has 0 saturated heterocycles. The van der Waals surface area contributed by atoms with E-state index in [1.165, 1.54) is 0 Å². The molecule has 0 saturated carbocycles. The normalized spacial score (nSPS) is 11.9. The zero-order valence-electron chi connectivity index (χ0n) is 14.9. The molecule has 0 unspecified atom stereocenters. The van der Waals surface area contributed by atoms with Crippen LogP contribution in [0.3, 0.4) is 0 Å². The van der Waals surface area contributed by atoms with Crippen molar-refractivity contribution < 1.29 is 14.3 Å². The monoisotopic (exact) mass is 362 g/mol. The Bertz CT molecular complexity index is 736. The Kier molecular flexibility index (Phi) is 6.67. The second kappa shape index (κ2) is 8.74. The number of nitrogens with zero attached hydrogens (tertiary/aromatic N) is 1. The van der Waals surface area contributed by atoms with Crippen LogP contribution in [-0.2, 0) is 11.3 Å². The minimum atomic E-state index is -0.328. The Morgan fingerprint density at radius 3 is 2.60 bits per heavy atom. The first-order chi connectivity index (χ1) is 11.9. The fourth-order valence-corrected chi connectivity index (χ4v) is 2.59. The number of nitrogens with one attached hydrogen (secondary N) is 1. The lowest BCUT2D eigenvalue weighted by Gasteiger charge is -2.25. The summed E-state index contributed by atoms with van der Waals surface area (Å²) in [7, 11) is 5.13. The van der Waals surface area contributed by atoms with Crippen LogP contribution in [0.5, 0.6) is 11.5 Å². The maximum atomic E-state index is 12.5. The number of methoxy groups -OCH3 is 2. The van der Waals surface area contributed by atoms with Crippen LogP contribution in [0.4, 0.5) is 5.69 Å². The summed E-state index contributed by atoms with van der Waals surface area (Å²) in [6.45, 7) is 2.42. The molecule has 0 aliphatic rings. The highest BCUT2D eigenvalue weighted by atomic mass is 35.5. The van der Waals surface area contributed by atoms with Crippen molar-refractivity contribution in [3.05, 3.63) is 53.1 Å². The fourth-order valence-electron chi connectivity index (χ4n) is 2.40. The summed E-state index contributed by atoms with van der Waals surface area (Å²) >= 11 is 5.95. The third-order valence-corrected chi connectivity index (χ3v) is 4.28. The Morgan fingerprint density at radius 2 is 1.96 bits per heavy atom. The van der Waals surface area contributed by atoms with Crippen molar-refractivity contribution in [2.24, 2.45) is 0 Å². The summed E-state index contributed by atoms with van der Waals surface area (Å²) in [5, 5.41) is 3.46. The molecule has 2 rings (SSSR count). The van der Waals surface area contributed by atoms with E-state index in [4.69, 9.17) is 21.1 Å². The van der Waals surface area contributed by atoms with Gasteiger partial charge in [0.1, 0.15) is 11.5 Å². The van der Waals surface area contributed by atoms with Gasteiger partial charge in [0.15, 0.2) is 0 Å². The quantitative estimate of drug-likeness (QED) is 0.813. The second-order valence-electron chi connectivity index (χ2n) is 5.77. The number of hydrogen-bond donors (Lipinski definition) is 1. The van der Waals surface area contributed by atoms with Crippen LogP contribution in [0.2, 0.25) is 5.02 Å². The molecular formula is C19H23ClN2O3. The standard InChI is InChI=1S/C19H23ClN2O3/c1-13(19(23)21-16-7-5-6-15(20)10-16)22(2)12-14-8-9-17(24-3)11-18(14)25-4/h5-11,13H,12H2,1-4H3,(H,21,23)/t13-/m0/s1. The molecule has 1 atom stereocenters. The third-order valence-electron chi connectivity index (χ3n) is 4.05. The van der Waals surface area contributed by atoms with Gasteiger partial charge < -0.3 is 14.8 Å². The number of rotatable bonds is 7. The molecule has 0 bridgehead atoms. The van der Waals surface area contributed by atoms with Gasteiger partial charge in [0.25, 0.3) is 0 Å². The molecule has 0 spiro atoms. The van der Waals surface area contributed by atoms with Crippen LogP contribution in [0.1, 0.15) is 12.5 Å². The van der Waals surface area contributed by atoms with Gasteiger partial charge in [-0.05, 0) is 38.2 Å². The number of hydrogen-bond acceptors (Lipinski definition) is 4. The van der Waals surface area contributed by atoms with Crippen molar-refractivity contribution in [3.63, 3.8) is 0 Å². The average Bonchev–Trinajstić information content (AvgIpc) is 2.61. The molecule has 1 amide bonds. The predicted octanol–water partition coefficient (Wildman–Crippen LogP) is 3.82. The van der Waals surface area contributed by atoms with Crippen LogP contribution in [0.25, 0.3) is 0 Å². The van der Waals surface area contributed by atoms with Gasteiger partial charge in [0.2, 0.25) is 5.91 Å². The summed E-state index contributed by atoms with van der Waals surface area (Å²) in [5.74, 6) is 1.36. The Labute approximate surface area is 153 Å². The SMILES string of the molecule is COc1ccc(CN(C)[C@@H](C)C(=O)Nc2cccc(Cl)c2)c(OC)c1. The van der Waals surface area contributed by atoms with Crippen molar-refractivity contribution >= 4 is 23.2 Å². The van der Waals surface area contributed by atoms with E-state index in [2.05, 4.69) is 5.32 Å². The summed E-state index contributed by atoms with van der Waals surface area (Å²) in [6.07, 6.45) is 0. The Balaban J connectivity index is 2.04. The Hall–Kier alpha value is -2.24. The van der Waals surface area contributed by atoms with E-state index in [-0.39, 0.29) is 11.9 Å². The van der Waals surface area contributed by atoms with Crippen LogP contribution in [-0.4, -0.2) is 38.1 Å². The molecule has 6 heteroatoms. The van der Waals surface area contributed by atoms with Gasteiger partial charge in [-0.1, -0.05) is 23.7 Å². The van der Waals surface area contributed by atoms with Crippen LogP contribution in [0, 0.1) is 0 Å². The lowest BCUT2D eigenvalue weighted by molar-refractivity contribution is -0.120. The first-order valence-corrected chi connectivity index (χ1v) is 8.30. The van der Waals surface area contributed by atoms with Crippen molar-refractivity contribution in [1.29, 1.82) is 0 Å². The van der Waals surface area contributed by atoms with Crippen LogP contribution >= 0.6 is 11.6 Å². The first kappa shape index (κ1) is 19.1. The van der Waals surface area contributed by atoms with Crippen molar-refractivity contribution in [1.82, 2.24) is 4.90 Å². The molecule has 0 radical (unpaired) electrons. The number of anilines is 1. The number of halogens is 1. The Morgan fingerprint density at radius 1 is 1.20 bits per heavy atom. The van der Waals surface area contributed by atoms with Gasteiger partial charge in [0, 0.05) is 28.9 Å². The molecule has 0 aromatic heterocycles. The van der Waals surface area contributed by atoms with E-state index in [0.717, 1.165) is 17.1 Å². The fraction of sp³-hybridized carbons (Fsp3) is 0.316. The molecule has 0 heterocycles. The molecule has 25 heavy (non-hydrogen) atoms. The zero-order chi connectivity index (χ0) is 18.4. The highest BCUT2D eigenvalue weighted by Gasteiger charge is 2.19. The van der Waals surface area contributed by atoms with E-state index in [9.17, 15) is 4.79 Å². The summed E-state index contributed by atoms with van der Waals surface area (Å²) in [6, 6.07) is 12.4. The largest absolute Gasteiger partial charge is 0.497 e. The van der Waals surface area contributed by atoms with E-state index >= 15 is 0 Å². The number of ether oxygens (including phenoxy) is 2. The summed E-state index contributed by atoms with van der Waals surface area (Å²) in [5.41, 5.74) is 1.66. The molecule has 2 aromatic carbocycles. The maximum Gasteiger partial charge on any atom is 0.241 e. The molecule has 0 aliphatic heterocycles. The number of benzene rings is 2. The second-order valence-corrected chi connectivity index (χ2v) is 6.20. The van der Waals surface area contributed by atoms with E-state index in [0.29, 0.717) is 17.3 Å². The predicted molar refractivity (Wildman–Crippen MR) is 101 cm³/mol. The number of carbonyl (C=O) groups excluding carboxylic acids is 1. The van der Waals surface area contributed by atoms with E-state index in [1.54, 1.807) is 32.4 Å². The van der Waals surface area contributed by atoms with Gasteiger partial charge in [-0.3, -0.25) is 9.69 Å². The van der Waals surface area contributed by atoms with Crippen molar-refractivity contribution in [2.75, 3.05) is 26.6 Å². The third kappa shape index (κ3) is 5.11. The van der Waals surface area contributed by atoms with Gasteiger partial charge >= 0.3 is 0 Å². The van der Waals surface area contributed by atoms with Gasteiger partial charge in [-0.15, -0.1) is 0 Å². The highest BCUT2D eigenvalue weighted by Crippen LogP contribution is 2.26. The first-order valence-electron chi connectivity index (χ1n) is 7.92.